The Kier molecular flexibility index (Phi) is 14.1. The second kappa shape index (κ2) is 17.1. The number of carbonyl (C=O) groups excluding carboxylic acids is 1. The van der Waals surface area contributed by atoms with E-state index in [0.29, 0.717) is 5.78 Å². The van der Waals surface area contributed by atoms with E-state index in [-0.39, 0.29) is 11.9 Å². The van der Waals surface area contributed by atoms with E-state index in [9.17, 15) is 4.79 Å². The molecule has 0 amide bonds. The molecule has 4 N–H and O–H groups in total. The Labute approximate surface area is 223 Å². The van der Waals surface area contributed by atoms with Crippen molar-refractivity contribution in [3.8, 4) is 0 Å². The number of nitrogens with zero attached hydrogens (tertiary/aromatic N) is 2. The molecule has 7 heteroatoms. The summed E-state index contributed by atoms with van der Waals surface area (Å²) in [5.41, 5.74) is 9.05. The zero-order chi connectivity index (χ0) is 26.9. The van der Waals surface area contributed by atoms with Gasteiger partial charge in [0, 0.05) is 57.6 Å². The molecule has 0 aliphatic carbocycles. The lowest BCUT2D eigenvalue weighted by Gasteiger charge is -2.38. The number of nitrogens with two attached hydrogens (primary N) is 1. The Morgan fingerprint density at radius 3 is 1.65 bits per heavy atom. The number of allylic oxidation sites excluding steroid dienone is 1. The predicted molar refractivity (Wildman–Crippen MR) is 154 cm³/mol. The number of hydrogen-bond acceptors (Lipinski definition) is 6. The molecule has 2 aliphatic rings. The zero-order valence-corrected chi connectivity index (χ0v) is 22.2. The average molecular weight is 506 g/mol. The van der Waals surface area contributed by atoms with Gasteiger partial charge in [0.25, 0.3) is 0 Å². The third kappa shape index (κ3) is 13.0. The van der Waals surface area contributed by atoms with Gasteiger partial charge < -0.3 is 15.8 Å². The summed E-state index contributed by atoms with van der Waals surface area (Å²) in [6.07, 6.45) is 8.20. The topological polar surface area (TPSA) is 90.0 Å². The molecule has 2 aliphatic heterocycles. The zero-order valence-electron chi connectivity index (χ0n) is 22.2. The molecule has 2 heterocycles. The van der Waals surface area contributed by atoms with Crippen molar-refractivity contribution in [2.45, 2.75) is 57.1 Å². The average Bonchev–Trinajstić information content (AvgIpc) is 2.89. The monoisotopic (exact) mass is 505 g/mol. The molecule has 37 heavy (non-hydrogen) atoms. The number of benzene rings is 2. The summed E-state index contributed by atoms with van der Waals surface area (Å²) in [6, 6.07) is 21.1. The minimum Gasteiger partial charge on any atom is -0.427 e. The van der Waals surface area contributed by atoms with Crippen molar-refractivity contribution in [1.29, 1.82) is 0 Å². The molecule has 0 bridgehead atoms. The SMILES string of the molecule is C=CCB(O)O.C=CCC1(N)CCN(Cc2ccccc2)CC1.O=C1CCN(Cc2ccccc2)CC1. The Morgan fingerprint density at radius 2 is 1.27 bits per heavy atom. The van der Waals surface area contributed by atoms with E-state index < -0.39 is 7.12 Å². The lowest BCUT2D eigenvalue weighted by Crippen LogP contribution is -2.49. The third-order valence-electron chi connectivity index (χ3n) is 6.69. The second-order valence-electron chi connectivity index (χ2n) is 9.92. The number of ketones is 1. The maximum atomic E-state index is 11.0. The maximum Gasteiger partial charge on any atom is 0.455 e. The summed E-state index contributed by atoms with van der Waals surface area (Å²) < 4.78 is 0. The molecule has 2 saturated heterocycles. The van der Waals surface area contributed by atoms with Gasteiger partial charge in [-0.05, 0) is 36.7 Å². The summed E-state index contributed by atoms with van der Waals surface area (Å²) in [5.74, 6) is 0.411. The Balaban J connectivity index is 0.000000217. The number of carbonyl (C=O) groups is 1. The summed E-state index contributed by atoms with van der Waals surface area (Å²) in [5, 5.41) is 16.1. The fourth-order valence-corrected chi connectivity index (χ4v) is 4.44. The quantitative estimate of drug-likeness (QED) is 0.371. The smallest absolute Gasteiger partial charge is 0.427 e. The first-order valence-electron chi connectivity index (χ1n) is 13.2. The second-order valence-corrected chi connectivity index (χ2v) is 9.92. The molecule has 4 rings (SSSR count). The van der Waals surface area contributed by atoms with Crippen molar-refractivity contribution in [2.75, 3.05) is 26.2 Å². The van der Waals surface area contributed by atoms with Crippen LogP contribution in [0.15, 0.2) is 86.0 Å². The number of piperidine rings is 2. The lowest BCUT2D eigenvalue weighted by molar-refractivity contribution is -0.121. The van der Waals surface area contributed by atoms with E-state index in [1.54, 1.807) is 0 Å². The lowest BCUT2D eigenvalue weighted by atomic mass is 9.85. The Bertz CT molecular complexity index is 906. The van der Waals surface area contributed by atoms with Crippen LogP contribution in [0.4, 0.5) is 0 Å². The van der Waals surface area contributed by atoms with Gasteiger partial charge in [-0.3, -0.25) is 14.6 Å². The van der Waals surface area contributed by atoms with Crippen LogP contribution in [0.2, 0.25) is 6.32 Å². The highest BCUT2D eigenvalue weighted by Gasteiger charge is 2.29. The molecular weight excluding hydrogens is 461 g/mol. The van der Waals surface area contributed by atoms with Crippen LogP contribution >= 0.6 is 0 Å². The van der Waals surface area contributed by atoms with Crippen LogP contribution in [0.1, 0.15) is 43.2 Å². The first-order valence-corrected chi connectivity index (χ1v) is 13.2. The Morgan fingerprint density at radius 1 is 0.811 bits per heavy atom. The van der Waals surface area contributed by atoms with Gasteiger partial charge in [0.05, 0.1) is 0 Å². The highest BCUT2D eigenvalue weighted by Crippen LogP contribution is 2.24. The highest BCUT2D eigenvalue weighted by molar-refractivity contribution is 6.41. The van der Waals surface area contributed by atoms with E-state index in [4.69, 9.17) is 15.8 Å². The highest BCUT2D eigenvalue weighted by atomic mass is 16.4. The van der Waals surface area contributed by atoms with Gasteiger partial charge in [0.15, 0.2) is 0 Å². The molecule has 0 unspecified atom stereocenters. The van der Waals surface area contributed by atoms with Gasteiger partial charge in [-0.25, -0.2) is 0 Å². The van der Waals surface area contributed by atoms with Crippen LogP contribution < -0.4 is 5.73 Å². The van der Waals surface area contributed by atoms with Crippen molar-refractivity contribution in [1.82, 2.24) is 9.80 Å². The maximum absolute atomic E-state index is 11.0. The molecule has 2 aromatic rings. The largest absolute Gasteiger partial charge is 0.455 e. The molecule has 0 saturated carbocycles. The van der Waals surface area contributed by atoms with Gasteiger partial charge in [-0.2, -0.15) is 0 Å². The molecule has 2 aromatic carbocycles. The molecule has 200 valence electrons. The van der Waals surface area contributed by atoms with E-state index in [1.807, 2.05) is 12.1 Å². The van der Waals surface area contributed by atoms with Crippen LogP contribution in [0.5, 0.6) is 0 Å². The van der Waals surface area contributed by atoms with Crippen LogP contribution in [-0.2, 0) is 17.9 Å². The number of rotatable bonds is 8. The minimum absolute atomic E-state index is 0.00502. The van der Waals surface area contributed by atoms with E-state index in [1.165, 1.54) is 17.2 Å². The summed E-state index contributed by atoms with van der Waals surface area (Å²) in [4.78, 5) is 15.9. The Hall–Kier alpha value is -2.55. The predicted octanol–water partition coefficient (Wildman–Crippen LogP) is 4.05. The van der Waals surface area contributed by atoms with Crippen molar-refractivity contribution in [3.63, 3.8) is 0 Å². The standard InChI is InChI=1S/C15H22N2.C12H15NO.C3H7BO2/c1-2-8-15(16)9-11-17(12-10-15)13-14-6-4-3-5-7-14;14-12-6-8-13(9-7-12)10-11-4-2-1-3-5-11;1-2-3-4(5)6/h2-7H,1,8-13,16H2;1-5H,6-10H2;2,5-6H,1,3H2. The van der Waals surface area contributed by atoms with Gasteiger partial charge in [0.2, 0.25) is 0 Å². The number of likely N-dealkylation sites (tertiary alicyclic amines) is 2. The van der Waals surface area contributed by atoms with Crippen molar-refractivity contribution < 1.29 is 14.8 Å². The van der Waals surface area contributed by atoms with E-state index in [2.05, 4.69) is 77.6 Å². The van der Waals surface area contributed by atoms with E-state index >= 15 is 0 Å². The normalized spacial score (nSPS) is 17.4. The fraction of sp³-hybridized carbons (Fsp3) is 0.433. The molecule has 0 spiro atoms. The molecule has 0 radical (unpaired) electrons. The number of Topliss-reactive ketones (excluding diaryl/α,β-unsaturated/α-hetero) is 1. The molecule has 0 atom stereocenters. The van der Waals surface area contributed by atoms with E-state index in [0.717, 1.165) is 71.4 Å². The number of hydrogen-bond donors (Lipinski definition) is 3. The van der Waals surface area contributed by atoms with Gasteiger partial charge in [-0.1, -0.05) is 72.8 Å². The molecule has 6 nitrogen and oxygen atoms in total. The summed E-state index contributed by atoms with van der Waals surface area (Å²) >= 11 is 0. The fourth-order valence-electron chi connectivity index (χ4n) is 4.44. The van der Waals surface area contributed by atoms with Crippen molar-refractivity contribution in [3.05, 3.63) is 97.1 Å². The molecule has 2 fully saturated rings. The molecule has 0 aromatic heterocycles. The summed E-state index contributed by atoms with van der Waals surface area (Å²) in [6.45, 7) is 13.1. The van der Waals surface area contributed by atoms with Crippen LogP contribution in [-0.4, -0.2) is 64.5 Å². The van der Waals surface area contributed by atoms with Gasteiger partial charge >= 0.3 is 7.12 Å². The van der Waals surface area contributed by atoms with Crippen LogP contribution in [0.25, 0.3) is 0 Å². The first-order chi connectivity index (χ1) is 17.8. The van der Waals surface area contributed by atoms with Crippen LogP contribution in [0.3, 0.4) is 0 Å². The van der Waals surface area contributed by atoms with Crippen molar-refractivity contribution >= 4 is 12.9 Å². The first kappa shape index (κ1) is 30.7. The minimum atomic E-state index is -1.22. The third-order valence-corrected chi connectivity index (χ3v) is 6.69. The molecular formula is C30H44BN3O3. The van der Waals surface area contributed by atoms with Crippen LogP contribution in [0, 0.1) is 0 Å². The summed E-state index contributed by atoms with van der Waals surface area (Å²) in [7, 11) is -1.22. The van der Waals surface area contributed by atoms with Gasteiger partial charge in [-0.15, -0.1) is 13.2 Å². The van der Waals surface area contributed by atoms with Gasteiger partial charge in [0.1, 0.15) is 5.78 Å². The van der Waals surface area contributed by atoms with Crippen molar-refractivity contribution in [2.24, 2.45) is 5.73 Å².